The molecule has 2 aromatic rings. The van der Waals surface area contributed by atoms with E-state index in [0.29, 0.717) is 17.5 Å². The minimum Gasteiger partial charge on any atom is -0.475 e. The van der Waals surface area contributed by atoms with Crippen LogP contribution in [0, 0.1) is 0 Å². The van der Waals surface area contributed by atoms with E-state index >= 15 is 0 Å². The predicted octanol–water partition coefficient (Wildman–Crippen LogP) is 4.08. The molecule has 16 heteroatoms. The van der Waals surface area contributed by atoms with Crippen LogP contribution >= 0.6 is 23.1 Å². The van der Waals surface area contributed by atoms with Gasteiger partial charge < -0.3 is 14.9 Å². The van der Waals surface area contributed by atoms with Gasteiger partial charge in [0.2, 0.25) is 0 Å². The molecule has 0 radical (unpaired) electrons. The van der Waals surface area contributed by atoms with Crippen LogP contribution in [0.2, 0.25) is 0 Å². The summed E-state index contributed by atoms with van der Waals surface area (Å²) in [4.78, 5) is 28.7. The Labute approximate surface area is 209 Å². The second kappa shape index (κ2) is 12.7. The standard InChI is InChI=1S/C16H19N3OS2.2C2HF3O2/c1-3-17-4-2-13(1)9-20-14-7-16(22-10-14)11-19(12-16)8-15-18-5-6-21-15;2*3-2(4,5)1(6)7/h1-6,14H,7-12H2;2*(H,6,7). The van der Waals surface area contributed by atoms with E-state index in [9.17, 15) is 26.3 Å². The molecule has 2 fully saturated rings. The molecule has 4 rings (SSSR count). The number of rotatable bonds is 5. The Morgan fingerprint density at radius 3 is 2.08 bits per heavy atom. The van der Waals surface area contributed by atoms with Crippen molar-refractivity contribution in [2.75, 3.05) is 18.8 Å². The van der Waals surface area contributed by atoms with E-state index in [-0.39, 0.29) is 0 Å². The highest BCUT2D eigenvalue weighted by Crippen LogP contribution is 2.46. The van der Waals surface area contributed by atoms with Crippen LogP contribution in [-0.2, 0) is 27.5 Å². The molecule has 2 aliphatic rings. The van der Waals surface area contributed by atoms with Gasteiger partial charge in [-0.1, -0.05) is 0 Å². The van der Waals surface area contributed by atoms with Crippen molar-refractivity contribution in [1.82, 2.24) is 14.9 Å². The fourth-order valence-electron chi connectivity index (χ4n) is 3.23. The van der Waals surface area contributed by atoms with Crippen molar-refractivity contribution in [3.05, 3.63) is 46.7 Å². The third-order valence-electron chi connectivity index (χ3n) is 4.76. The van der Waals surface area contributed by atoms with Crippen LogP contribution < -0.4 is 0 Å². The van der Waals surface area contributed by atoms with E-state index in [0.717, 1.165) is 12.3 Å². The molecule has 200 valence electrons. The van der Waals surface area contributed by atoms with Gasteiger partial charge in [0.25, 0.3) is 0 Å². The molecule has 1 atom stereocenters. The molecule has 0 saturated carbocycles. The molecule has 2 aliphatic heterocycles. The Balaban J connectivity index is 0.000000271. The second-order valence-electron chi connectivity index (χ2n) is 7.66. The van der Waals surface area contributed by atoms with E-state index < -0.39 is 24.3 Å². The van der Waals surface area contributed by atoms with Gasteiger partial charge in [-0.3, -0.25) is 9.88 Å². The van der Waals surface area contributed by atoms with Crippen LogP contribution in [0.5, 0.6) is 0 Å². The number of thioether (sulfide) groups is 1. The largest absolute Gasteiger partial charge is 0.490 e. The maximum Gasteiger partial charge on any atom is 0.490 e. The van der Waals surface area contributed by atoms with Crippen molar-refractivity contribution < 1.29 is 50.9 Å². The van der Waals surface area contributed by atoms with Gasteiger partial charge in [0, 0.05) is 47.6 Å². The van der Waals surface area contributed by atoms with Crippen molar-refractivity contribution in [2.45, 2.75) is 42.8 Å². The maximum absolute atomic E-state index is 10.6. The normalized spacial score (nSPS) is 18.9. The van der Waals surface area contributed by atoms with Gasteiger partial charge in [-0.05, 0) is 24.1 Å². The fourth-order valence-corrected chi connectivity index (χ4v) is 5.49. The smallest absolute Gasteiger partial charge is 0.475 e. The number of thiazole rings is 1. The van der Waals surface area contributed by atoms with Gasteiger partial charge in [0.15, 0.2) is 0 Å². The van der Waals surface area contributed by atoms with Crippen molar-refractivity contribution in [3.8, 4) is 0 Å². The van der Waals surface area contributed by atoms with Gasteiger partial charge in [-0.2, -0.15) is 26.3 Å². The molecule has 2 aromatic heterocycles. The maximum atomic E-state index is 10.6. The molecule has 36 heavy (non-hydrogen) atoms. The summed E-state index contributed by atoms with van der Waals surface area (Å²) < 4.78 is 70.0. The number of aliphatic carboxylic acids is 2. The van der Waals surface area contributed by atoms with Crippen LogP contribution in [0.1, 0.15) is 17.0 Å². The molecule has 2 saturated heterocycles. The number of carboxylic acid groups (broad SMARTS) is 2. The second-order valence-corrected chi connectivity index (χ2v) is 10.1. The van der Waals surface area contributed by atoms with Crippen LogP contribution in [0.25, 0.3) is 0 Å². The lowest BCUT2D eigenvalue weighted by Crippen LogP contribution is -2.58. The summed E-state index contributed by atoms with van der Waals surface area (Å²) in [6, 6.07) is 4.05. The molecule has 8 nitrogen and oxygen atoms in total. The molecule has 0 aliphatic carbocycles. The summed E-state index contributed by atoms with van der Waals surface area (Å²) in [6.07, 6.45) is -3.06. The first kappa shape index (κ1) is 29.8. The third kappa shape index (κ3) is 9.91. The Bertz CT molecular complexity index is 946. The molecular formula is C20H21F6N3O5S2. The highest BCUT2D eigenvalue weighted by molar-refractivity contribution is 8.01. The van der Waals surface area contributed by atoms with E-state index in [1.54, 1.807) is 11.3 Å². The number of nitrogens with zero attached hydrogens (tertiary/aromatic N) is 3. The lowest BCUT2D eigenvalue weighted by Gasteiger charge is -2.47. The lowest BCUT2D eigenvalue weighted by atomic mass is 9.93. The van der Waals surface area contributed by atoms with E-state index in [4.69, 9.17) is 24.5 Å². The predicted molar refractivity (Wildman–Crippen MR) is 117 cm³/mol. The fraction of sp³-hybridized carbons (Fsp3) is 0.500. The summed E-state index contributed by atoms with van der Waals surface area (Å²) in [7, 11) is 0. The first-order valence-corrected chi connectivity index (χ1v) is 11.9. The number of likely N-dealkylation sites (tertiary alicyclic amines) is 1. The molecule has 0 aromatic carbocycles. The van der Waals surface area contributed by atoms with Crippen LogP contribution in [0.4, 0.5) is 26.3 Å². The van der Waals surface area contributed by atoms with Crippen LogP contribution in [0.15, 0.2) is 36.1 Å². The van der Waals surface area contributed by atoms with Crippen LogP contribution in [0.3, 0.4) is 0 Å². The zero-order chi connectivity index (χ0) is 27.0. The third-order valence-corrected chi connectivity index (χ3v) is 7.10. The molecule has 1 spiro atoms. The number of pyridine rings is 1. The zero-order valence-electron chi connectivity index (χ0n) is 18.3. The van der Waals surface area contributed by atoms with Gasteiger partial charge in [0.05, 0.1) is 19.3 Å². The van der Waals surface area contributed by atoms with Gasteiger partial charge in [-0.15, -0.1) is 23.1 Å². The summed E-state index contributed by atoms with van der Waals surface area (Å²) in [5, 5.41) is 17.5. The van der Waals surface area contributed by atoms with E-state index in [1.807, 2.05) is 30.7 Å². The number of carbonyl (C=O) groups is 2. The Hall–Kier alpha value is -2.43. The number of alkyl halides is 6. The molecule has 0 bridgehead atoms. The highest BCUT2D eigenvalue weighted by Gasteiger charge is 2.49. The Morgan fingerprint density at radius 1 is 1.06 bits per heavy atom. The zero-order valence-corrected chi connectivity index (χ0v) is 20.0. The number of carboxylic acids is 2. The lowest BCUT2D eigenvalue weighted by molar-refractivity contribution is -0.193. The molecular weight excluding hydrogens is 540 g/mol. The average Bonchev–Trinajstić information content (AvgIpc) is 3.43. The van der Waals surface area contributed by atoms with E-state index in [2.05, 4.69) is 32.0 Å². The van der Waals surface area contributed by atoms with Crippen molar-refractivity contribution in [1.29, 1.82) is 0 Å². The SMILES string of the molecule is O=C(O)C(F)(F)F.O=C(O)C(F)(F)F.c1cc(COC2CSC3(C2)CN(Cc2nccs2)C3)ccn1. The minimum atomic E-state index is -5.08. The number of hydrogen-bond donors (Lipinski definition) is 2. The monoisotopic (exact) mass is 561 g/mol. The molecule has 2 N–H and O–H groups in total. The first-order valence-electron chi connectivity index (χ1n) is 10.1. The minimum absolute atomic E-state index is 0.389. The Kier molecular flexibility index (Phi) is 10.5. The van der Waals surface area contributed by atoms with Crippen molar-refractivity contribution in [3.63, 3.8) is 0 Å². The number of ether oxygens (including phenoxy) is 1. The van der Waals surface area contributed by atoms with Crippen molar-refractivity contribution in [2.24, 2.45) is 0 Å². The van der Waals surface area contributed by atoms with Gasteiger partial charge in [0.1, 0.15) is 5.01 Å². The average molecular weight is 562 g/mol. The van der Waals surface area contributed by atoms with Crippen molar-refractivity contribution >= 4 is 35.0 Å². The van der Waals surface area contributed by atoms with Crippen LogP contribution in [-0.4, -0.2) is 79.1 Å². The summed E-state index contributed by atoms with van der Waals surface area (Å²) in [5.41, 5.74) is 1.21. The Morgan fingerprint density at radius 2 is 1.61 bits per heavy atom. The number of aromatic nitrogens is 2. The number of hydrogen-bond acceptors (Lipinski definition) is 8. The number of halogens is 6. The topological polar surface area (TPSA) is 113 Å². The summed E-state index contributed by atoms with van der Waals surface area (Å²) in [5.74, 6) is -4.39. The summed E-state index contributed by atoms with van der Waals surface area (Å²) in [6.45, 7) is 4.05. The molecule has 0 amide bonds. The van der Waals surface area contributed by atoms with Gasteiger partial charge >= 0.3 is 24.3 Å². The molecule has 4 heterocycles. The summed E-state index contributed by atoms with van der Waals surface area (Å²) >= 11 is 3.84. The first-order chi connectivity index (χ1) is 16.7. The van der Waals surface area contributed by atoms with E-state index in [1.165, 1.54) is 30.1 Å². The molecule has 1 unspecified atom stereocenters. The highest BCUT2D eigenvalue weighted by atomic mass is 32.2. The quantitative estimate of drug-likeness (QED) is 0.522. The van der Waals surface area contributed by atoms with Gasteiger partial charge in [-0.25, -0.2) is 14.6 Å².